The second kappa shape index (κ2) is 11.4. The number of benzene rings is 2. The van der Waals surface area contributed by atoms with Gasteiger partial charge in [0.1, 0.15) is 12.4 Å². The van der Waals surface area contributed by atoms with E-state index in [4.69, 9.17) is 39.5 Å². The fraction of sp³-hybridized carbons (Fsp3) is 0.350. The third-order valence-electron chi connectivity index (χ3n) is 4.20. The topological polar surface area (TPSA) is 53.6 Å². The molecule has 0 saturated heterocycles. The molecular weight excluding hydrogens is 421 g/mol. The minimum absolute atomic E-state index is 0.280. The average Bonchev–Trinajstić information content (AvgIpc) is 2.66. The van der Waals surface area contributed by atoms with Gasteiger partial charge < -0.3 is 20.3 Å². The SMILES string of the molecule is CCN(CC)CCOc1ccc(NC(=O)NCc2ccc(Cl)cc2Cl)cc1Cl. The highest BCUT2D eigenvalue weighted by Gasteiger charge is 2.08. The molecule has 0 radical (unpaired) electrons. The van der Waals surface area contributed by atoms with Gasteiger partial charge in [-0.3, -0.25) is 0 Å². The van der Waals surface area contributed by atoms with Crippen molar-refractivity contribution in [3.63, 3.8) is 0 Å². The molecule has 5 nitrogen and oxygen atoms in total. The van der Waals surface area contributed by atoms with E-state index in [1.165, 1.54) is 0 Å². The highest BCUT2D eigenvalue weighted by atomic mass is 35.5. The van der Waals surface area contributed by atoms with Crippen LogP contribution in [0.3, 0.4) is 0 Å². The first-order valence-corrected chi connectivity index (χ1v) is 10.2. The number of carbonyl (C=O) groups is 1. The monoisotopic (exact) mass is 443 g/mol. The Morgan fingerprint density at radius 3 is 2.43 bits per heavy atom. The summed E-state index contributed by atoms with van der Waals surface area (Å²) in [5, 5.41) is 6.97. The third-order valence-corrected chi connectivity index (χ3v) is 5.09. The van der Waals surface area contributed by atoms with E-state index < -0.39 is 0 Å². The lowest BCUT2D eigenvalue weighted by molar-refractivity contribution is 0.223. The first kappa shape index (κ1) is 22.6. The molecule has 0 aromatic heterocycles. The van der Waals surface area contributed by atoms with E-state index in [9.17, 15) is 4.79 Å². The lowest BCUT2D eigenvalue weighted by Crippen LogP contribution is -2.28. The molecule has 8 heteroatoms. The van der Waals surface area contributed by atoms with Crippen LogP contribution in [0.5, 0.6) is 5.75 Å². The second-order valence-electron chi connectivity index (χ2n) is 6.06. The summed E-state index contributed by atoms with van der Waals surface area (Å²) >= 11 is 18.2. The average molecular weight is 445 g/mol. The lowest BCUT2D eigenvalue weighted by atomic mass is 10.2. The van der Waals surface area contributed by atoms with Gasteiger partial charge in [0, 0.05) is 28.8 Å². The van der Waals surface area contributed by atoms with Crippen LogP contribution in [-0.4, -0.2) is 37.2 Å². The van der Waals surface area contributed by atoms with Crippen LogP contribution < -0.4 is 15.4 Å². The molecule has 2 aromatic carbocycles. The summed E-state index contributed by atoms with van der Waals surface area (Å²) in [6, 6.07) is 9.91. The van der Waals surface area contributed by atoms with Crippen LogP contribution in [0.1, 0.15) is 19.4 Å². The van der Waals surface area contributed by atoms with Crippen molar-refractivity contribution in [3.05, 3.63) is 57.0 Å². The second-order valence-corrected chi connectivity index (χ2v) is 7.31. The summed E-state index contributed by atoms with van der Waals surface area (Å²) in [4.78, 5) is 14.4. The van der Waals surface area contributed by atoms with Crippen molar-refractivity contribution in [1.29, 1.82) is 0 Å². The molecule has 0 atom stereocenters. The first-order chi connectivity index (χ1) is 13.4. The Kier molecular flexibility index (Phi) is 9.19. The van der Waals surface area contributed by atoms with Crippen LogP contribution in [0, 0.1) is 0 Å². The number of carbonyl (C=O) groups excluding carboxylic acids is 1. The number of nitrogens with one attached hydrogen (secondary N) is 2. The maximum absolute atomic E-state index is 12.1. The zero-order valence-electron chi connectivity index (χ0n) is 15.9. The van der Waals surface area contributed by atoms with Crippen molar-refractivity contribution in [1.82, 2.24) is 10.2 Å². The molecule has 0 aliphatic rings. The number of ether oxygens (including phenoxy) is 1. The van der Waals surface area contributed by atoms with Gasteiger partial charge >= 0.3 is 6.03 Å². The van der Waals surface area contributed by atoms with Gasteiger partial charge in [0.25, 0.3) is 0 Å². The van der Waals surface area contributed by atoms with Crippen LogP contribution in [0.4, 0.5) is 10.5 Å². The summed E-state index contributed by atoms with van der Waals surface area (Å²) in [7, 11) is 0. The summed E-state index contributed by atoms with van der Waals surface area (Å²) < 4.78 is 5.73. The Morgan fingerprint density at radius 1 is 1.04 bits per heavy atom. The number of amides is 2. The molecule has 0 fully saturated rings. The number of likely N-dealkylation sites (N-methyl/N-ethyl adjacent to an activating group) is 1. The minimum Gasteiger partial charge on any atom is -0.491 e. The Hall–Kier alpha value is -1.66. The van der Waals surface area contributed by atoms with Gasteiger partial charge in [-0.25, -0.2) is 4.79 Å². The van der Waals surface area contributed by atoms with Crippen molar-refractivity contribution in [3.8, 4) is 5.75 Å². The number of anilines is 1. The molecule has 152 valence electrons. The fourth-order valence-corrected chi connectivity index (χ4v) is 3.25. The molecule has 0 aliphatic heterocycles. The van der Waals surface area contributed by atoms with Gasteiger partial charge in [-0.05, 0) is 49.0 Å². The molecule has 0 unspecified atom stereocenters. The molecule has 0 aliphatic carbocycles. The largest absolute Gasteiger partial charge is 0.491 e. The van der Waals surface area contributed by atoms with Crippen LogP contribution in [0.15, 0.2) is 36.4 Å². The predicted octanol–water partition coefficient (Wildman–Crippen LogP) is 5.69. The number of hydrogen-bond acceptors (Lipinski definition) is 3. The molecule has 0 spiro atoms. The van der Waals surface area contributed by atoms with E-state index >= 15 is 0 Å². The zero-order chi connectivity index (χ0) is 20.5. The zero-order valence-corrected chi connectivity index (χ0v) is 18.2. The molecule has 2 amide bonds. The van der Waals surface area contributed by atoms with E-state index in [-0.39, 0.29) is 12.6 Å². The Balaban J connectivity index is 1.85. The smallest absolute Gasteiger partial charge is 0.319 e. The van der Waals surface area contributed by atoms with Crippen molar-refractivity contribution >= 4 is 46.5 Å². The molecular formula is C20H24Cl3N3O2. The van der Waals surface area contributed by atoms with Crippen molar-refractivity contribution in [2.75, 3.05) is 31.6 Å². The molecule has 2 N–H and O–H groups in total. The fourth-order valence-electron chi connectivity index (χ4n) is 2.54. The number of hydrogen-bond donors (Lipinski definition) is 2. The van der Waals surface area contributed by atoms with E-state index in [1.807, 2.05) is 0 Å². The van der Waals surface area contributed by atoms with Crippen LogP contribution in [0.25, 0.3) is 0 Å². The van der Waals surface area contributed by atoms with Gasteiger partial charge in [-0.15, -0.1) is 0 Å². The number of urea groups is 1. The third kappa shape index (κ3) is 7.06. The summed E-state index contributed by atoms with van der Waals surface area (Å²) in [5.74, 6) is 0.590. The highest BCUT2D eigenvalue weighted by Crippen LogP contribution is 2.27. The van der Waals surface area contributed by atoms with Gasteiger partial charge in [0.05, 0.1) is 5.02 Å². The maximum atomic E-state index is 12.1. The molecule has 0 heterocycles. The highest BCUT2D eigenvalue weighted by molar-refractivity contribution is 6.35. The number of rotatable bonds is 9. The van der Waals surface area contributed by atoms with Crippen LogP contribution in [-0.2, 0) is 6.54 Å². The quantitative estimate of drug-likeness (QED) is 0.522. The summed E-state index contributed by atoms with van der Waals surface area (Å²) in [5.41, 5.74) is 1.34. The number of nitrogens with zero attached hydrogens (tertiary/aromatic N) is 1. The van der Waals surface area contributed by atoms with Gasteiger partial charge in [-0.1, -0.05) is 54.7 Å². The van der Waals surface area contributed by atoms with E-state index in [2.05, 4.69) is 29.4 Å². The van der Waals surface area contributed by atoms with E-state index in [0.29, 0.717) is 33.1 Å². The Labute approximate surface area is 180 Å². The molecule has 2 rings (SSSR count). The van der Waals surface area contributed by atoms with Crippen LogP contribution in [0.2, 0.25) is 15.1 Å². The first-order valence-electron chi connectivity index (χ1n) is 9.06. The van der Waals surface area contributed by atoms with Crippen molar-refractivity contribution < 1.29 is 9.53 Å². The summed E-state index contributed by atoms with van der Waals surface area (Å²) in [6.45, 7) is 7.85. The standard InChI is InChI=1S/C20H24Cl3N3O2/c1-3-26(4-2)9-10-28-19-8-7-16(12-18(19)23)25-20(27)24-13-14-5-6-15(21)11-17(14)22/h5-8,11-12H,3-4,9-10,13H2,1-2H3,(H2,24,25,27). The maximum Gasteiger partial charge on any atom is 0.319 e. The normalized spacial score (nSPS) is 10.8. The Bertz CT molecular complexity index is 798. The molecule has 0 bridgehead atoms. The number of halogens is 3. The van der Waals surface area contributed by atoms with Gasteiger partial charge in [0.15, 0.2) is 0 Å². The van der Waals surface area contributed by atoms with Crippen molar-refractivity contribution in [2.45, 2.75) is 20.4 Å². The molecule has 0 saturated carbocycles. The van der Waals surface area contributed by atoms with E-state index in [1.54, 1.807) is 36.4 Å². The molecule has 2 aromatic rings. The van der Waals surface area contributed by atoms with Crippen LogP contribution >= 0.6 is 34.8 Å². The summed E-state index contributed by atoms with van der Waals surface area (Å²) in [6.07, 6.45) is 0. The molecule has 28 heavy (non-hydrogen) atoms. The van der Waals surface area contributed by atoms with Gasteiger partial charge in [0.2, 0.25) is 0 Å². The van der Waals surface area contributed by atoms with Gasteiger partial charge in [-0.2, -0.15) is 0 Å². The minimum atomic E-state index is -0.364. The Morgan fingerprint density at radius 2 is 1.79 bits per heavy atom. The van der Waals surface area contributed by atoms with E-state index in [0.717, 1.165) is 25.2 Å². The predicted molar refractivity (Wildman–Crippen MR) is 117 cm³/mol. The lowest BCUT2D eigenvalue weighted by Gasteiger charge is -2.18. The van der Waals surface area contributed by atoms with Crippen molar-refractivity contribution in [2.24, 2.45) is 0 Å².